The highest BCUT2D eigenvalue weighted by molar-refractivity contribution is 5.85. The molecular formula is C11H22ClNO2. The number of rotatable bonds is 4. The van der Waals surface area contributed by atoms with Crippen LogP contribution in [-0.2, 0) is 9.53 Å². The summed E-state index contributed by atoms with van der Waals surface area (Å²) in [5, 5.41) is 3.42. The van der Waals surface area contributed by atoms with Crippen molar-refractivity contribution in [3.8, 4) is 0 Å². The van der Waals surface area contributed by atoms with Crippen LogP contribution < -0.4 is 5.32 Å². The minimum Gasteiger partial charge on any atom is -0.466 e. The summed E-state index contributed by atoms with van der Waals surface area (Å²) in [5.74, 6) is 0.160. The van der Waals surface area contributed by atoms with Gasteiger partial charge in [-0.05, 0) is 39.2 Å². The van der Waals surface area contributed by atoms with Gasteiger partial charge in [-0.2, -0.15) is 0 Å². The standard InChI is InChI=1S/C11H21NO2.ClH/c1-3-12-10-7-5-9(6-8-10)11(13)14-4-2;/h9-10,12H,3-8H2,1-2H3;1H/t9-,10-;. The van der Waals surface area contributed by atoms with Crippen LogP contribution in [0.25, 0.3) is 0 Å². The molecule has 1 N–H and O–H groups in total. The van der Waals surface area contributed by atoms with E-state index in [4.69, 9.17) is 4.74 Å². The van der Waals surface area contributed by atoms with E-state index >= 15 is 0 Å². The van der Waals surface area contributed by atoms with Crippen LogP contribution in [-0.4, -0.2) is 25.2 Å². The maximum atomic E-state index is 11.4. The molecule has 90 valence electrons. The number of hydrogen-bond acceptors (Lipinski definition) is 3. The predicted octanol–water partition coefficient (Wildman–Crippen LogP) is 2.14. The van der Waals surface area contributed by atoms with Crippen molar-refractivity contribution in [1.82, 2.24) is 5.32 Å². The molecule has 3 nitrogen and oxygen atoms in total. The molecule has 0 radical (unpaired) electrons. The van der Waals surface area contributed by atoms with Gasteiger partial charge in [0.1, 0.15) is 0 Å². The summed E-state index contributed by atoms with van der Waals surface area (Å²) in [6, 6.07) is 0.616. The second-order valence-electron chi connectivity index (χ2n) is 3.86. The lowest BCUT2D eigenvalue weighted by atomic mass is 9.86. The fraction of sp³-hybridized carbons (Fsp3) is 0.909. The van der Waals surface area contributed by atoms with Gasteiger partial charge < -0.3 is 10.1 Å². The SMILES string of the molecule is CCN[C@H]1CC[C@H](C(=O)OCC)CC1.Cl. The molecule has 0 atom stereocenters. The van der Waals surface area contributed by atoms with E-state index in [1.165, 1.54) is 0 Å². The van der Waals surface area contributed by atoms with Gasteiger partial charge in [-0.1, -0.05) is 6.92 Å². The van der Waals surface area contributed by atoms with E-state index in [0.717, 1.165) is 32.2 Å². The number of halogens is 1. The van der Waals surface area contributed by atoms with Crippen molar-refractivity contribution in [2.45, 2.75) is 45.6 Å². The molecule has 0 aliphatic heterocycles. The van der Waals surface area contributed by atoms with Gasteiger partial charge in [0.15, 0.2) is 0 Å². The zero-order chi connectivity index (χ0) is 10.4. The Morgan fingerprint density at radius 2 is 1.87 bits per heavy atom. The fourth-order valence-corrected chi connectivity index (χ4v) is 2.08. The summed E-state index contributed by atoms with van der Waals surface area (Å²) in [4.78, 5) is 11.4. The van der Waals surface area contributed by atoms with Crippen molar-refractivity contribution in [2.24, 2.45) is 5.92 Å². The lowest BCUT2D eigenvalue weighted by Gasteiger charge is -2.27. The minimum absolute atomic E-state index is 0. The topological polar surface area (TPSA) is 38.3 Å². The van der Waals surface area contributed by atoms with Gasteiger partial charge >= 0.3 is 5.97 Å². The van der Waals surface area contributed by atoms with Gasteiger partial charge in [-0.25, -0.2) is 0 Å². The molecule has 0 bridgehead atoms. The Hall–Kier alpha value is -0.280. The minimum atomic E-state index is 0. The van der Waals surface area contributed by atoms with Crippen molar-refractivity contribution >= 4 is 18.4 Å². The highest BCUT2D eigenvalue weighted by atomic mass is 35.5. The van der Waals surface area contributed by atoms with Gasteiger partial charge in [0.05, 0.1) is 12.5 Å². The van der Waals surface area contributed by atoms with Crippen LogP contribution in [0.3, 0.4) is 0 Å². The Morgan fingerprint density at radius 1 is 1.27 bits per heavy atom. The Balaban J connectivity index is 0.00000196. The Labute approximate surface area is 98.4 Å². The molecule has 1 fully saturated rings. The first-order valence-electron chi connectivity index (χ1n) is 5.68. The number of esters is 1. The zero-order valence-electron chi connectivity index (χ0n) is 9.62. The molecule has 0 aromatic heterocycles. The third kappa shape index (κ3) is 4.85. The summed E-state index contributed by atoms with van der Waals surface area (Å²) in [6.45, 7) is 5.51. The van der Waals surface area contributed by atoms with Gasteiger partial charge in [0, 0.05) is 6.04 Å². The monoisotopic (exact) mass is 235 g/mol. The normalized spacial score (nSPS) is 25.5. The van der Waals surface area contributed by atoms with Crippen LogP contribution in [0, 0.1) is 5.92 Å². The smallest absolute Gasteiger partial charge is 0.308 e. The number of nitrogens with one attached hydrogen (secondary N) is 1. The van der Waals surface area contributed by atoms with Crippen LogP contribution in [0.2, 0.25) is 0 Å². The van der Waals surface area contributed by atoms with E-state index in [2.05, 4.69) is 12.2 Å². The van der Waals surface area contributed by atoms with Crippen LogP contribution in [0.15, 0.2) is 0 Å². The average molecular weight is 236 g/mol. The second-order valence-corrected chi connectivity index (χ2v) is 3.86. The quantitative estimate of drug-likeness (QED) is 0.759. The van der Waals surface area contributed by atoms with Crippen molar-refractivity contribution in [1.29, 1.82) is 0 Å². The molecule has 0 aromatic rings. The Kier molecular flexibility index (Phi) is 7.79. The molecule has 1 aliphatic rings. The molecule has 4 heteroatoms. The Bertz CT molecular complexity index is 179. The molecule has 0 spiro atoms. The summed E-state index contributed by atoms with van der Waals surface area (Å²) in [7, 11) is 0. The molecule has 1 saturated carbocycles. The van der Waals surface area contributed by atoms with E-state index in [-0.39, 0.29) is 24.3 Å². The van der Waals surface area contributed by atoms with Crippen molar-refractivity contribution < 1.29 is 9.53 Å². The lowest BCUT2D eigenvalue weighted by molar-refractivity contribution is -0.149. The van der Waals surface area contributed by atoms with Crippen molar-refractivity contribution in [2.75, 3.05) is 13.2 Å². The molecule has 0 saturated heterocycles. The van der Waals surface area contributed by atoms with Crippen LogP contribution in [0.1, 0.15) is 39.5 Å². The first-order valence-corrected chi connectivity index (χ1v) is 5.68. The molecule has 0 unspecified atom stereocenters. The zero-order valence-corrected chi connectivity index (χ0v) is 10.4. The summed E-state index contributed by atoms with van der Waals surface area (Å²) in [5.41, 5.74) is 0. The van der Waals surface area contributed by atoms with Crippen LogP contribution in [0.4, 0.5) is 0 Å². The number of carbonyl (C=O) groups is 1. The van der Waals surface area contributed by atoms with Gasteiger partial charge in [0.25, 0.3) is 0 Å². The first kappa shape index (κ1) is 14.7. The third-order valence-corrected chi connectivity index (χ3v) is 2.84. The van der Waals surface area contributed by atoms with E-state index in [1.54, 1.807) is 0 Å². The highest BCUT2D eigenvalue weighted by Crippen LogP contribution is 2.25. The van der Waals surface area contributed by atoms with E-state index < -0.39 is 0 Å². The fourth-order valence-electron chi connectivity index (χ4n) is 2.08. The highest BCUT2D eigenvalue weighted by Gasteiger charge is 2.26. The largest absolute Gasteiger partial charge is 0.466 e. The maximum Gasteiger partial charge on any atom is 0.308 e. The molecular weight excluding hydrogens is 214 g/mol. The summed E-state index contributed by atoms with van der Waals surface area (Å²) < 4.78 is 5.02. The lowest BCUT2D eigenvalue weighted by Crippen LogP contribution is -2.35. The predicted molar refractivity (Wildman–Crippen MR) is 63.3 cm³/mol. The molecule has 1 rings (SSSR count). The summed E-state index contributed by atoms with van der Waals surface area (Å²) >= 11 is 0. The average Bonchev–Trinajstić information content (AvgIpc) is 2.20. The number of ether oxygens (including phenoxy) is 1. The second kappa shape index (κ2) is 7.94. The molecule has 0 amide bonds. The van der Waals surface area contributed by atoms with Gasteiger partial charge in [-0.15, -0.1) is 12.4 Å². The summed E-state index contributed by atoms with van der Waals surface area (Å²) in [6.07, 6.45) is 4.18. The van der Waals surface area contributed by atoms with E-state index in [1.807, 2.05) is 6.92 Å². The molecule has 15 heavy (non-hydrogen) atoms. The van der Waals surface area contributed by atoms with Gasteiger partial charge in [-0.3, -0.25) is 4.79 Å². The van der Waals surface area contributed by atoms with Crippen LogP contribution in [0.5, 0.6) is 0 Å². The molecule has 0 heterocycles. The number of carbonyl (C=O) groups excluding carboxylic acids is 1. The van der Waals surface area contributed by atoms with Crippen molar-refractivity contribution in [3.63, 3.8) is 0 Å². The molecule has 1 aliphatic carbocycles. The van der Waals surface area contributed by atoms with Gasteiger partial charge in [0.2, 0.25) is 0 Å². The third-order valence-electron chi connectivity index (χ3n) is 2.84. The maximum absolute atomic E-state index is 11.4. The van der Waals surface area contributed by atoms with E-state index in [0.29, 0.717) is 12.6 Å². The Morgan fingerprint density at radius 3 is 2.33 bits per heavy atom. The molecule has 0 aromatic carbocycles. The van der Waals surface area contributed by atoms with E-state index in [9.17, 15) is 4.79 Å². The first-order chi connectivity index (χ1) is 6.77. The van der Waals surface area contributed by atoms with Crippen molar-refractivity contribution in [3.05, 3.63) is 0 Å². The van der Waals surface area contributed by atoms with Crippen LogP contribution >= 0.6 is 12.4 Å². The number of hydrogen-bond donors (Lipinski definition) is 1.